The third-order valence-corrected chi connectivity index (χ3v) is 2.74. The van der Waals surface area contributed by atoms with E-state index in [9.17, 15) is 4.79 Å². The lowest BCUT2D eigenvalue weighted by Gasteiger charge is -2.21. The van der Waals surface area contributed by atoms with Crippen molar-refractivity contribution in [3.63, 3.8) is 0 Å². The molecule has 1 unspecified atom stereocenters. The molecular weight excluding hydrogens is 202 g/mol. The molecule has 0 radical (unpaired) electrons. The summed E-state index contributed by atoms with van der Waals surface area (Å²) in [7, 11) is 0. The monoisotopic (exact) mass is 221 g/mol. The molecule has 0 saturated carbocycles. The molecule has 3 N–H and O–H groups in total. The van der Waals surface area contributed by atoms with E-state index in [-0.39, 0.29) is 5.41 Å². The van der Waals surface area contributed by atoms with Gasteiger partial charge >= 0.3 is 5.97 Å². The number of rotatable bonds is 2. The summed E-state index contributed by atoms with van der Waals surface area (Å²) in [6.45, 7) is 8.27. The van der Waals surface area contributed by atoms with Crippen molar-refractivity contribution in [3.05, 3.63) is 34.9 Å². The largest absolute Gasteiger partial charge is 0.480 e. The third-order valence-electron chi connectivity index (χ3n) is 2.74. The first-order valence-corrected chi connectivity index (χ1v) is 5.33. The molecule has 1 rings (SSSR count). The first-order valence-electron chi connectivity index (χ1n) is 5.33. The first kappa shape index (κ1) is 12.7. The van der Waals surface area contributed by atoms with E-state index in [1.807, 2.05) is 25.1 Å². The zero-order valence-corrected chi connectivity index (χ0v) is 10.2. The summed E-state index contributed by atoms with van der Waals surface area (Å²) in [6, 6.07) is 4.84. The van der Waals surface area contributed by atoms with E-state index >= 15 is 0 Å². The minimum absolute atomic E-state index is 0.0661. The fourth-order valence-electron chi connectivity index (χ4n) is 1.62. The van der Waals surface area contributed by atoms with Gasteiger partial charge in [-0.25, -0.2) is 0 Å². The van der Waals surface area contributed by atoms with Crippen LogP contribution in [0.2, 0.25) is 0 Å². The second kappa shape index (κ2) is 4.26. The van der Waals surface area contributed by atoms with Crippen molar-refractivity contribution in [2.24, 2.45) is 5.73 Å². The summed E-state index contributed by atoms with van der Waals surface area (Å²) in [5, 5.41) is 8.86. The van der Waals surface area contributed by atoms with Crippen LogP contribution in [0.5, 0.6) is 0 Å². The van der Waals surface area contributed by atoms with E-state index in [1.165, 1.54) is 5.56 Å². The second-order valence-corrected chi connectivity index (χ2v) is 5.14. The van der Waals surface area contributed by atoms with Crippen LogP contribution in [-0.4, -0.2) is 11.1 Å². The standard InChI is InChI=1S/C13H19NO2/c1-8-7-9(13(2,3)4)5-6-10(8)11(14)12(15)16/h5-7,11H,14H2,1-4H3,(H,15,16). The molecule has 0 aliphatic heterocycles. The summed E-state index contributed by atoms with van der Waals surface area (Å²) in [6.07, 6.45) is 0. The molecule has 0 fully saturated rings. The van der Waals surface area contributed by atoms with Gasteiger partial charge in [0, 0.05) is 0 Å². The average Bonchev–Trinajstić information content (AvgIpc) is 2.15. The minimum atomic E-state index is -0.994. The van der Waals surface area contributed by atoms with Crippen LogP contribution in [0.4, 0.5) is 0 Å². The van der Waals surface area contributed by atoms with Crippen LogP contribution in [-0.2, 0) is 10.2 Å². The van der Waals surface area contributed by atoms with Crippen LogP contribution in [0, 0.1) is 6.92 Å². The van der Waals surface area contributed by atoms with Gasteiger partial charge in [0.15, 0.2) is 0 Å². The normalized spacial score (nSPS) is 13.6. The Bertz CT molecular complexity index is 405. The van der Waals surface area contributed by atoms with Crippen molar-refractivity contribution in [2.75, 3.05) is 0 Å². The quantitative estimate of drug-likeness (QED) is 0.806. The lowest BCUT2D eigenvalue weighted by atomic mass is 9.84. The van der Waals surface area contributed by atoms with E-state index in [0.717, 1.165) is 5.56 Å². The van der Waals surface area contributed by atoms with Gasteiger partial charge in [-0.3, -0.25) is 4.79 Å². The lowest BCUT2D eigenvalue weighted by molar-refractivity contribution is -0.138. The van der Waals surface area contributed by atoms with Crippen molar-refractivity contribution in [1.29, 1.82) is 0 Å². The molecule has 0 aliphatic carbocycles. The van der Waals surface area contributed by atoms with Crippen LogP contribution in [0.3, 0.4) is 0 Å². The highest BCUT2D eigenvalue weighted by Crippen LogP contribution is 2.26. The number of benzene rings is 1. The van der Waals surface area contributed by atoms with Gasteiger partial charge < -0.3 is 10.8 Å². The van der Waals surface area contributed by atoms with Gasteiger partial charge in [-0.2, -0.15) is 0 Å². The topological polar surface area (TPSA) is 63.3 Å². The van der Waals surface area contributed by atoms with Crippen LogP contribution >= 0.6 is 0 Å². The molecule has 3 nitrogen and oxygen atoms in total. The Labute approximate surface area is 96.3 Å². The summed E-state index contributed by atoms with van der Waals surface area (Å²) in [5.41, 5.74) is 8.46. The molecule has 1 atom stereocenters. The number of nitrogens with two attached hydrogens (primary N) is 1. The van der Waals surface area contributed by atoms with Gasteiger partial charge in [0.25, 0.3) is 0 Å². The van der Waals surface area contributed by atoms with E-state index < -0.39 is 12.0 Å². The fourth-order valence-corrected chi connectivity index (χ4v) is 1.62. The Morgan fingerprint density at radius 2 is 1.94 bits per heavy atom. The van der Waals surface area contributed by atoms with Gasteiger partial charge in [0.05, 0.1) is 0 Å². The Balaban J connectivity index is 3.15. The number of carboxylic acids is 1. The fraction of sp³-hybridized carbons (Fsp3) is 0.462. The first-order chi connectivity index (χ1) is 7.23. The van der Waals surface area contributed by atoms with Crippen molar-refractivity contribution < 1.29 is 9.90 Å². The smallest absolute Gasteiger partial charge is 0.325 e. The molecule has 88 valence electrons. The molecule has 0 aliphatic rings. The Morgan fingerprint density at radius 3 is 2.31 bits per heavy atom. The lowest BCUT2D eigenvalue weighted by Crippen LogP contribution is -2.22. The maximum absolute atomic E-state index is 10.8. The third kappa shape index (κ3) is 2.61. The summed E-state index contributed by atoms with van der Waals surface area (Å²) in [4.78, 5) is 10.8. The molecule has 0 saturated heterocycles. The number of hydrogen-bond acceptors (Lipinski definition) is 2. The maximum Gasteiger partial charge on any atom is 0.325 e. The van der Waals surface area contributed by atoms with Crippen LogP contribution in [0.15, 0.2) is 18.2 Å². The molecule has 0 spiro atoms. The highest BCUT2D eigenvalue weighted by atomic mass is 16.4. The highest BCUT2D eigenvalue weighted by Gasteiger charge is 2.19. The number of carboxylic acid groups (broad SMARTS) is 1. The summed E-state index contributed by atoms with van der Waals surface area (Å²) >= 11 is 0. The molecule has 3 heteroatoms. The van der Waals surface area contributed by atoms with Crippen LogP contribution < -0.4 is 5.73 Å². The summed E-state index contributed by atoms with van der Waals surface area (Å²) in [5.74, 6) is -0.994. The number of aryl methyl sites for hydroxylation is 1. The van der Waals surface area contributed by atoms with Crippen molar-refractivity contribution in [1.82, 2.24) is 0 Å². The number of hydrogen-bond donors (Lipinski definition) is 2. The predicted molar refractivity (Wildman–Crippen MR) is 64.4 cm³/mol. The van der Waals surface area contributed by atoms with Crippen LogP contribution in [0.1, 0.15) is 43.5 Å². The SMILES string of the molecule is Cc1cc(C(C)(C)C)ccc1C(N)C(=O)O. The summed E-state index contributed by atoms with van der Waals surface area (Å²) < 4.78 is 0. The molecule has 0 aromatic heterocycles. The predicted octanol–water partition coefficient (Wildman–Crippen LogP) is 2.38. The van der Waals surface area contributed by atoms with E-state index in [1.54, 1.807) is 0 Å². The van der Waals surface area contributed by atoms with Crippen LogP contribution in [0.25, 0.3) is 0 Å². The Hall–Kier alpha value is -1.35. The van der Waals surface area contributed by atoms with Gasteiger partial charge in [-0.15, -0.1) is 0 Å². The molecule has 1 aromatic carbocycles. The zero-order chi connectivity index (χ0) is 12.5. The zero-order valence-electron chi connectivity index (χ0n) is 10.2. The van der Waals surface area contributed by atoms with E-state index in [2.05, 4.69) is 20.8 Å². The second-order valence-electron chi connectivity index (χ2n) is 5.14. The molecule has 0 amide bonds. The van der Waals surface area contributed by atoms with Crippen molar-refractivity contribution in [3.8, 4) is 0 Å². The molecule has 0 bridgehead atoms. The number of carbonyl (C=O) groups is 1. The van der Waals surface area contributed by atoms with E-state index in [0.29, 0.717) is 5.56 Å². The molecule has 16 heavy (non-hydrogen) atoms. The number of aliphatic carboxylic acids is 1. The minimum Gasteiger partial charge on any atom is -0.480 e. The van der Waals surface area contributed by atoms with Gasteiger partial charge in [-0.1, -0.05) is 39.0 Å². The van der Waals surface area contributed by atoms with E-state index in [4.69, 9.17) is 10.8 Å². The van der Waals surface area contributed by atoms with Crippen molar-refractivity contribution in [2.45, 2.75) is 39.2 Å². The van der Waals surface area contributed by atoms with Gasteiger partial charge in [0.1, 0.15) is 6.04 Å². The van der Waals surface area contributed by atoms with Crippen molar-refractivity contribution >= 4 is 5.97 Å². The van der Waals surface area contributed by atoms with Gasteiger partial charge in [-0.05, 0) is 29.0 Å². The molecular formula is C13H19NO2. The van der Waals surface area contributed by atoms with Gasteiger partial charge in [0.2, 0.25) is 0 Å². The Morgan fingerprint density at radius 1 is 1.38 bits per heavy atom. The highest BCUT2D eigenvalue weighted by molar-refractivity contribution is 5.75. The maximum atomic E-state index is 10.8. The Kier molecular flexibility index (Phi) is 3.38. The molecule has 1 aromatic rings. The average molecular weight is 221 g/mol. The molecule has 0 heterocycles.